The molecule has 0 aliphatic rings. The number of amides is 3. The third kappa shape index (κ3) is 8.62. The fourth-order valence-corrected chi connectivity index (χ4v) is 3.31. The van der Waals surface area contributed by atoms with E-state index in [9.17, 15) is 14.4 Å². The molecule has 0 spiro atoms. The summed E-state index contributed by atoms with van der Waals surface area (Å²) in [6.45, 7) is 12.6. The van der Waals surface area contributed by atoms with Crippen LogP contribution in [0.4, 0.5) is 4.79 Å². The van der Waals surface area contributed by atoms with Crippen molar-refractivity contribution in [1.82, 2.24) is 15.5 Å². The van der Waals surface area contributed by atoms with E-state index < -0.39 is 23.6 Å². The van der Waals surface area contributed by atoms with Gasteiger partial charge in [0.1, 0.15) is 18.2 Å². The van der Waals surface area contributed by atoms with Crippen molar-refractivity contribution in [3.8, 4) is 12.3 Å². The number of nitrogens with one attached hydrogen (secondary N) is 2. The second-order valence-electron chi connectivity index (χ2n) is 9.12. The molecule has 3 amide bonds. The van der Waals surface area contributed by atoms with E-state index in [1.807, 2.05) is 27.7 Å². The lowest BCUT2D eigenvalue weighted by Gasteiger charge is -2.35. The lowest BCUT2D eigenvalue weighted by atomic mass is 10.00. The zero-order valence-electron chi connectivity index (χ0n) is 20.3. The third-order valence-electron chi connectivity index (χ3n) is 4.66. The summed E-state index contributed by atoms with van der Waals surface area (Å²) in [6, 6.07) is 5.80. The number of carbonyl (C=O) groups excluding carboxylic acids is 3. The molecule has 0 heterocycles. The number of ether oxygens (including phenoxy) is 1. The van der Waals surface area contributed by atoms with Crippen LogP contribution in [0.1, 0.15) is 78.5 Å². The maximum absolute atomic E-state index is 13.3. The Kier molecular flexibility index (Phi) is 10.2. The van der Waals surface area contributed by atoms with Crippen LogP contribution in [0.15, 0.2) is 24.3 Å². The van der Waals surface area contributed by atoms with E-state index in [0.717, 1.165) is 12.8 Å². The van der Waals surface area contributed by atoms with Crippen molar-refractivity contribution in [3.05, 3.63) is 35.4 Å². The number of hydrogen-bond donors (Lipinski definition) is 2. The van der Waals surface area contributed by atoms with Crippen LogP contribution in [0.2, 0.25) is 0 Å². The number of carbonyl (C=O) groups is 3. The summed E-state index contributed by atoms with van der Waals surface area (Å²) in [7, 11) is 0. The number of terminal acetylenes is 1. The van der Waals surface area contributed by atoms with Crippen LogP contribution in [0, 0.1) is 12.3 Å². The monoisotopic (exact) mass is 443 g/mol. The van der Waals surface area contributed by atoms with Gasteiger partial charge < -0.3 is 20.3 Å². The first kappa shape index (κ1) is 27.0. The predicted octanol–water partition coefficient (Wildman–Crippen LogP) is 3.78. The van der Waals surface area contributed by atoms with Crippen molar-refractivity contribution in [3.63, 3.8) is 0 Å². The van der Waals surface area contributed by atoms with Crippen molar-refractivity contribution in [2.45, 2.75) is 85.0 Å². The highest BCUT2D eigenvalue weighted by Crippen LogP contribution is 2.25. The minimum Gasteiger partial charge on any atom is -0.444 e. The summed E-state index contributed by atoms with van der Waals surface area (Å²) < 4.78 is 5.21. The molecular formula is C25H37N3O4. The summed E-state index contributed by atoms with van der Waals surface area (Å²) in [5.41, 5.74) is 0.646. The number of alkyl carbamates (subject to hydrolysis) is 1. The van der Waals surface area contributed by atoms with Crippen LogP contribution >= 0.6 is 0 Å². The van der Waals surface area contributed by atoms with Crippen molar-refractivity contribution in [2.24, 2.45) is 0 Å². The SMILES string of the molecule is C#Cc1ccc(C(C(=O)NC(C)CCC)N(C(=O)CNC(=O)OC(C)(C)C)C(C)C)cc1. The summed E-state index contributed by atoms with van der Waals surface area (Å²) in [6.07, 6.45) is 6.52. The molecule has 0 saturated carbocycles. The Morgan fingerprint density at radius 2 is 1.72 bits per heavy atom. The topological polar surface area (TPSA) is 87.7 Å². The first-order chi connectivity index (χ1) is 14.9. The molecule has 1 aromatic rings. The predicted molar refractivity (Wildman–Crippen MR) is 126 cm³/mol. The second kappa shape index (κ2) is 12.1. The molecule has 0 fully saturated rings. The van der Waals surface area contributed by atoms with Gasteiger partial charge in [0.05, 0.1) is 0 Å². The highest BCUT2D eigenvalue weighted by Gasteiger charge is 2.34. The minimum atomic E-state index is -0.867. The third-order valence-corrected chi connectivity index (χ3v) is 4.66. The quantitative estimate of drug-likeness (QED) is 0.569. The molecule has 0 bridgehead atoms. The molecule has 1 aromatic carbocycles. The Morgan fingerprint density at radius 3 is 2.19 bits per heavy atom. The minimum absolute atomic E-state index is 0.0380. The van der Waals surface area contributed by atoms with Gasteiger partial charge in [0.25, 0.3) is 0 Å². The van der Waals surface area contributed by atoms with E-state index >= 15 is 0 Å². The molecule has 0 aliphatic heterocycles. The highest BCUT2D eigenvalue weighted by molar-refractivity contribution is 5.90. The molecule has 0 saturated heterocycles. The van der Waals surface area contributed by atoms with Crippen LogP contribution < -0.4 is 10.6 Å². The van der Waals surface area contributed by atoms with Gasteiger partial charge >= 0.3 is 6.09 Å². The van der Waals surface area contributed by atoms with E-state index in [-0.39, 0.29) is 24.5 Å². The van der Waals surface area contributed by atoms with Gasteiger partial charge in [0, 0.05) is 17.6 Å². The molecule has 1 rings (SSSR count). The Balaban J connectivity index is 3.19. The molecule has 0 radical (unpaired) electrons. The number of nitrogens with zero attached hydrogens (tertiary/aromatic N) is 1. The largest absolute Gasteiger partial charge is 0.444 e. The maximum atomic E-state index is 13.3. The van der Waals surface area contributed by atoms with Crippen LogP contribution in [0.25, 0.3) is 0 Å². The summed E-state index contributed by atoms with van der Waals surface area (Å²) in [5.74, 6) is 1.88. The van der Waals surface area contributed by atoms with Crippen molar-refractivity contribution >= 4 is 17.9 Å². The molecule has 7 heteroatoms. The van der Waals surface area contributed by atoms with Gasteiger partial charge in [0.15, 0.2) is 0 Å². The van der Waals surface area contributed by atoms with E-state index in [0.29, 0.717) is 11.1 Å². The average Bonchev–Trinajstić information content (AvgIpc) is 2.68. The van der Waals surface area contributed by atoms with Crippen LogP contribution in [0.3, 0.4) is 0 Å². The molecule has 7 nitrogen and oxygen atoms in total. The van der Waals surface area contributed by atoms with Gasteiger partial charge in [0.2, 0.25) is 11.8 Å². The van der Waals surface area contributed by atoms with Crippen LogP contribution in [-0.2, 0) is 14.3 Å². The average molecular weight is 444 g/mol. The van der Waals surface area contributed by atoms with Gasteiger partial charge in [-0.25, -0.2) is 4.79 Å². The van der Waals surface area contributed by atoms with Crippen molar-refractivity contribution in [2.75, 3.05) is 6.54 Å². The van der Waals surface area contributed by atoms with Crippen molar-refractivity contribution in [1.29, 1.82) is 0 Å². The van der Waals surface area contributed by atoms with Crippen LogP contribution in [-0.4, -0.2) is 47.0 Å². The first-order valence-corrected chi connectivity index (χ1v) is 11.0. The zero-order chi connectivity index (χ0) is 24.5. The van der Waals surface area contributed by atoms with E-state index in [2.05, 4.69) is 16.6 Å². The Hall–Kier alpha value is -3.01. The first-order valence-electron chi connectivity index (χ1n) is 11.0. The summed E-state index contributed by atoms with van der Waals surface area (Å²) in [5, 5.41) is 5.50. The Labute approximate surface area is 192 Å². The van der Waals surface area contributed by atoms with Gasteiger partial charge in [-0.05, 0) is 65.7 Å². The van der Waals surface area contributed by atoms with Gasteiger partial charge in [-0.2, -0.15) is 0 Å². The molecule has 2 atom stereocenters. The zero-order valence-corrected chi connectivity index (χ0v) is 20.3. The lowest BCUT2D eigenvalue weighted by Crippen LogP contribution is -2.51. The lowest BCUT2D eigenvalue weighted by molar-refractivity contribution is -0.142. The van der Waals surface area contributed by atoms with Gasteiger partial charge in [-0.3, -0.25) is 9.59 Å². The van der Waals surface area contributed by atoms with Crippen molar-refractivity contribution < 1.29 is 19.1 Å². The fraction of sp³-hybridized carbons (Fsp3) is 0.560. The number of benzene rings is 1. The molecule has 2 N–H and O–H groups in total. The van der Waals surface area contributed by atoms with E-state index in [4.69, 9.17) is 11.2 Å². The molecule has 32 heavy (non-hydrogen) atoms. The van der Waals surface area contributed by atoms with E-state index in [1.165, 1.54) is 4.90 Å². The standard InChI is InChI=1S/C25H37N3O4/c1-9-11-18(5)27-23(30)22(20-14-12-19(10-2)13-15-20)28(17(3)4)21(29)16-26-24(31)32-25(6,7)8/h2,12-15,17-18,22H,9,11,16H2,1,3-8H3,(H,26,31)(H,27,30). The highest BCUT2D eigenvalue weighted by atomic mass is 16.6. The van der Waals surface area contributed by atoms with E-state index in [1.54, 1.807) is 45.0 Å². The maximum Gasteiger partial charge on any atom is 0.408 e. The second-order valence-corrected chi connectivity index (χ2v) is 9.12. The van der Waals surface area contributed by atoms with Crippen LogP contribution in [0.5, 0.6) is 0 Å². The van der Waals surface area contributed by atoms with Gasteiger partial charge in [-0.15, -0.1) is 6.42 Å². The molecular weight excluding hydrogens is 406 g/mol. The smallest absolute Gasteiger partial charge is 0.408 e. The molecule has 176 valence electrons. The summed E-state index contributed by atoms with van der Waals surface area (Å²) >= 11 is 0. The molecule has 0 aliphatic carbocycles. The summed E-state index contributed by atoms with van der Waals surface area (Å²) in [4.78, 5) is 40.0. The Bertz CT molecular complexity index is 819. The Morgan fingerprint density at radius 1 is 1.12 bits per heavy atom. The molecule has 2 unspecified atom stereocenters. The number of hydrogen-bond acceptors (Lipinski definition) is 4. The number of rotatable bonds is 9. The van der Waals surface area contributed by atoms with Gasteiger partial charge in [-0.1, -0.05) is 31.4 Å². The fourth-order valence-electron chi connectivity index (χ4n) is 3.31. The molecule has 0 aromatic heterocycles. The normalized spacial score (nSPS) is 13.0.